The molecule has 0 N–H and O–H groups in total. The van der Waals surface area contributed by atoms with E-state index < -0.39 is 0 Å². The van der Waals surface area contributed by atoms with E-state index in [1.54, 1.807) is 17.5 Å². The largest absolute Gasteiger partial charge is 0.336 e. The molecule has 0 atom stereocenters. The lowest BCUT2D eigenvalue weighted by molar-refractivity contribution is 0.0786. The summed E-state index contributed by atoms with van der Waals surface area (Å²) in [4.78, 5) is 18.9. The van der Waals surface area contributed by atoms with E-state index >= 15 is 0 Å². The van der Waals surface area contributed by atoms with Crippen molar-refractivity contribution < 1.29 is 9.18 Å². The lowest BCUT2D eigenvalue weighted by atomic mass is 10.2. The third-order valence-corrected chi connectivity index (χ3v) is 3.58. The van der Waals surface area contributed by atoms with Crippen LogP contribution >= 0.6 is 11.3 Å². The number of carbonyl (C=O) groups excluding carboxylic acids is 1. The SMILES string of the molecule is Cc1ncsc1CN(C)C(=O)c1ccc(F)cc1. The minimum absolute atomic E-state index is 0.122. The molecule has 0 bridgehead atoms. The molecular weight excluding hydrogens is 251 g/mol. The molecular formula is C13H13FN2OS. The number of halogens is 1. The topological polar surface area (TPSA) is 33.2 Å². The molecule has 2 rings (SSSR count). The van der Waals surface area contributed by atoms with Crippen molar-refractivity contribution in [3.8, 4) is 0 Å². The number of aromatic nitrogens is 1. The summed E-state index contributed by atoms with van der Waals surface area (Å²) in [6.07, 6.45) is 0. The van der Waals surface area contributed by atoms with Crippen LogP contribution in [0.25, 0.3) is 0 Å². The molecule has 0 spiro atoms. The van der Waals surface area contributed by atoms with E-state index in [9.17, 15) is 9.18 Å². The highest BCUT2D eigenvalue weighted by Gasteiger charge is 2.13. The molecule has 1 aromatic carbocycles. The zero-order valence-electron chi connectivity index (χ0n) is 10.2. The van der Waals surface area contributed by atoms with Crippen LogP contribution in [-0.2, 0) is 6.54 Å². The standard InChI is InChI=1S/C13H13FN2OS/c1-9-12(18-8-15-9)7-16(2)13(17)10-3-5-11(14)6-4-10/h3-6,8H,7H2,1-2H3. The Hall–Kier alpha value is -1.75. The monoisotopic (exact) mass is 264 g/mol. The summed E-state index contributed by atoms with van der Waals surface area (Å²) in [6.45, 7) is 2.44. The number of rotatable bonds is 3. The minimum atomic E-state index is -0.340. The van der Waals surface area contributed by atoms with Crippen LogP contribution in [0.2, 0.25) is 0 Å². The van der Waals surface area contributed by atoms with Crippen molar-refractivity contribution in [3.05, 3.63) is 51.7 Å². The van der Waals surface area contributed by atoms with E-state index in [4.69, 9.17) is 0 Å². The maximum atomic E-state index is 12.8. The lowest BCUT2D eigenvalue weighted by Crippen LogP contribution is -2.26. The first-order valence-electron chi connectivity index (χ1n) is 5.48. The normalized spacial score (nSPS) is 10.4. The van der Waals surface area contributed by atoms with Gasteiger partial charge in [-0.2, -0.15) is 0 Å². The second kappa shape index (κ2) is 5.27. The van der Waals surface area contributed by atoms with Gasteiger partial charge in [-0.25, -0.2) is 9.37 Å². The van der Waals surface area contributed by atoms with Gasteiger partial charge in [0.2, 0.25) is 0 Å². The van der Waals surface area contributed by atoms with Crippen LogP contribution in [0.3, 0.4) is 0 Å². The number of carbonyl (C=O) groups is 1. The third kappa shape index (κ3) is 2.73. The average molecular weight is 264 g/mol. The average Bonchev–Trinajstić information content (AvgIpc) is 2.75. The first-order valence-corrected chi connectivity index (χ1v) is 6.36. The van der Waals surface area contributed by atoms with Gasteiger partial charge in [0.1, 0.15) is 5.82 Å². The van der Waals surface area contributed by atoms with Crippen molar-refractivity contribution in [2.24, 2.45) is 0 Å². The van der Waals surface area contributed by atoms with Crippen LogP contribution in [0.5, 0.6) is 0 Å². The zero-order chi connectivity index (χ0) is 13.1. The molecule has 5 heteroatoms. The molecule has 1 heterocycles. The highest BCUT2D eigenvalue weighted by atomic mass is 32.1. The molecule has 18 heavy (non-hydrogen) atoms. The predicted molar refractivity (Wildman–Crippen MR) is 69.0 cm³/mol. The molecule has 3 nitrogen and oxygen atoms in total. The Bertz CT molecular complexity index is 550. The van der Waals surface area contributed by atoms with E-state index in [2.05, 4.69) is 4.98 Å². The predicted octanol–water partition coefficient (Wildman–Crippen LogP) is 2.86. The Morgan fingerprint density at radius 1 is 1.39 bits per heavy atom. The van der Waals surface area contributed by atoms with Crippen molar-refractivity contribution in [1.82, 2.24) is 9.88 Å². The summed E-state index contributed by atoms with van der Waals surface area (Å²) in [5, 5.41) is 0. The maximum absolute atomic E-state index is 12.8. The summed E-state index contributed by atoms with van der Waals surface area (Å²) in [5.74, 6) is -0.463. The van der Waals surface area contributed by atoms with E-state index in [0.29, 0.717) is 12.1 Å². The van der Waals surface area contributed by atoms with Crippen LogP contribution in [0.15, 0.2) is 29.8 Å². The number of nitrogens with zero attached hydrogens (tertiary/aromatic N) is 2. The van der Waals surface area contributed by atoms with Gasteiger partial charge in [0.25, 0.3) is 5.91 Å². The highest BCUT2D eigenvalue weighted by Crippen LogP contribution is 2.15. The van der Waals surface area contributed by atoms with E-state index in [1.807, 2.05) is 6.92 Å². The van der Waals surface area contributed by atoms with E-state index in [0.717, 1.165) is 10.6 Å². The molecule has 0 aliphatic carbocycles. The molecule has 1 amide bonds. The molecule has 0 radical (unpaired) electrons. The van der Waals surface area contributed by atoms with E-state index in [1.165, 1.54) is 35.6 Å². The number of hydrogen-bond acceptors (Lipinski definition) is 3. The van der Waals surface area contributed by atoms with Crippen LogP contribution < -0.4 is 0 Å². The first-order chi connectivity index (χ1) is 8.58. The Labute approximate surface area is 109 Å². The van der Waals surface area contributed by atoms with Gasteiger partial charge >= 0.3 is 0 Å². The summed E-state index contributed by atoms with van der Waals surface area (Å²) in [6, 6.07) is 5.57. The van der Waals surface area contributed by atoms with Crippen molar-refractivity contribution in [2.45, 2.75) is 13.5 Å². The number of aryl methyl sites for hydroxylation is 1. The molecule has 0 fully saturated rings. The smallest absolute Gasteiger partial charge is 0.253 e. The third-order valence-electron chi connectivity index (χ3n) is 2.66. The quantitative estimate of drug-likeness (QED) is 0.854. The second-order valence-electron chi connectivity index (χ2n) is 4.03. The number of thiazole rings is 1. The zero-order valence-corrected chi connectivity index (χ0v) is 11.0. The van der Waals surface area contributed by atoms with Crippen LogP contribution in [0, 0.1) is 12.7 Å². The molecule has 0 aliphatic heterocycles. The maximum Gasteiger partial charge on any atom is 0.253 e. The molecule has 0 unspecified atom stereocenters. The molecule has 0 saturated carbocycles. The van der Waals surface area contributed by atoms with E-state index in [-0.39, 0.29) is 11.7 Å². The van der Waals surface area contributed by atoms with Gasteiger partial charge in [-0.1, -0.05) is 0 Å². The summed E-state index contributed by atoms with van der Waals surface area (Å²) in [7, 11) is 1.73. The number of amides is 1. The first kappa shape index (κ1) is 12.7. The molecule has 2 aromatic rings. The summed E-state index contributed by atoms with van der Waals surface area (Å²) in [5.41, 5.74) is 3.20. The van der Waals surface area contributed by atoms with Gasteiger partial charge < -0.3 is 4.90 Å². The minimum Gasteiger partial charge on any atom is -0.336 e. The Kier molecular flexibility index (Phi) is 3.72. The van der Waals surface area contributed by atoms with Crippen molar-refractivity contribution >= 4 is 17.2 Å². The van der Waals surface area contributed by atoms with Gasteiger partial charge in [0.15, 0.2) is 0 Å². The van der Waals surface area contributed by atoms with Gasteiger partial charge in [-0.3, -0.25) is 4.79 Å². The molecule has 0 saturated heterocycles. The van der Waals surface area contributed by atoms with Crippen molar-refractivity contribution in [2.75, 3.05) is 7.05 Å². The van der Waals surface area contributed by atoms with Crippen LogP contribution in [0.4, 0.5) is 4.39 Å². The van der Waals surface area contributed by atoms with Crippen LogP contribution in [-0.4, -0.2) is 22.8 Å². The fraction of sp³-hybridized carbons (Fsp3) is 0.231. The van der Waals surface area contributed by atoms with Crippen molar-refractivity contribution in [1.29, 1.82) is 0 Å². The summed E-state index contributed by atoms with van der Waals surface area (Å²) < 4.78 is 12.8. The molecule has 1 aromatic heterocycles. The Morgan fingerprint density at radius 2 is 2.06 bits per heavy atom. The van der Waals surface area contributed by atoms with Crippen LogP contribution in [0.1, 0.15) is 20.9 Å². The summed E-state index contributed by atoms with van der Waals surface area (Å²) >= 11 is 1.53. The fourth-order valence-electron chi connectivity index (χ4n) is 1.58. The Balaban J connectivity index is 2.09. The van der Waals surface area contributed by atoms with Gasteiger partial charge in [-0.15, -0.1) is 11.3 Å². The Morgan fingerprint density at radius 3 is 2.61 bits per heavy atom. The van der Waals surface area contributed by atoms with Gasteiger partial charge in [-0.05, 0) is 31.2 Å². The number of hydrogen-bond donors (Lipinski definition) is 0. The highest BCUT2D eigenvalue weighted by molar-refractivity contribution is 7.09. The number of benzene rings is 1. The molecule has 0 aliphatic rings. The molecule has 94 valence electrons. The van der Waals surface area contributed by atoms with Gasteiger partial charge in [0, 0.05) is 17.5 Å². The lowest BCUT2D eigenvalue weighted by Gasteiger charge is -2.16. The second-order valence-corrected chi connectivity index (χ2v) is 4.97. The fourth-order valence-corrected chi connectivity index (χ4v) is 2.41. The van der Waals surface area contributed by atoms with Gasteiger partial charge in [0.05, 0.1) is 17.7 Å². The van der Waals surface area contributed by atoms with Crippen molar-refractivity contribution in [3.63, 3.8) is 0 Å².